The molecule has 0 atom stereocenters. The molecular formula is C20H19NO3S. The molecule has 0 unspecified atom stereocenters. The standard InChI is InChI=1S/C20H19NO3S/c1-13(20(23)24)6-5-11-21-16-7-3-4-8-18(16)25-19-10-9-15(14(2)22)12-17(19)21/h3-4,6-10,12H,5,11H2,1-2H3,(H,23,24). The van der Waals surface area contributed by atoms with Crippen molar-refractivity contribution >= 4 is 34.9 Å². The van der Waals surface area contributed by atoms with Gasteiger partial charge in [0, 0.05) is 27.5 Å². The fourth-order valence-electron chi connectivity index (χ4n) is 2.79. The van der Waals surface area contributed by atoms with E-state index in [1.807, 2.05) is 30.3 Å². The Morgan fingerprint density at radius 1 is 1.08 bits per heavy atom. The summed E-state index contributed by atoms with van der Waals surface area (Å²) in [5.74, 6) is -0.859. The van der Waals surface area contributed by atoms with Crippen LogP contribution in [-0.4, -0.2) is 23.4 Å². The maximum Gasteiger partial charge on any atom is 0.330 e. The van der Waals surface area contributed by atoms with Gasteiger partial charge in [0.2, 0.25) is 0 Å². The predicted octanol–water partition coefficient (Wildman–Crippen LogP) is 4.91. The number of ketones is 1. The van der Waals surface area contributed by atoms with Crippen molar-refractivity contribution in [2.24, 2.45) is 0 Å². The molecule has 2 aromatic carbocycles. The van der Waals surface area contributed by atoms with Gasteiger partial charge in [0.05, 0.1) is 11.4 Å². The van der Waals surface area contributed by atoms with E-state index in [4.69, 9.17) is 5.11 Å². The van der Waals surface area contributed by atoms with Crippen molar-refractivity contribution in [1.82, 2.24) is 0 Å². The molecule has 0 aliphatic carbocycles. The molecule has 0 spiro atoms. The molecule has 3 rings (SSSR count). The highest BCUT2D eigenvalue weighted by atomic mass is 32.2. The first-order chi connectivity index (χ1) is 12.0. The molecule has 1 heterocycles. The zero-order chi connectivity index (χ0) is 18.0. The molecule has 128 valence electrons. The molecule has 0 saturated heterocycles. The second kappa shape index (κ2) is 7.15. The molecule has 1 aliphatic rings. The highest BCUT2D eigenvalue weighted by molar-refractivity contribution is 7.99. The molecule has 1 aliphatic heterocycles. The van der Waals surface area contributed by atoms with Crippen molar-refractivity contribution in [3.63, 3.8) is 0 Å². The van der Waals surface area contributed by atoms with Gasteiger partial charge in [0.15, 0.2) is 5.78 Å². The highest BCUT2D eigenvalue weighted by Crippen LogP contribution is 2.48. The number of para-hydroxylation sites is 1. The van der Waals surface area contributed by atoms with Crippen LogP contribution < -0.4 is 4.90 Å². The molecule has 4 nitrogen and oxygen atoms in total. The van der Waals surface area contributed by atoms with Gasteiger partial charge in [-0.1, -0.05) is 36.0 Å². The third kappa shape index (κ3) is 3.61. The number of hydrogen-bond acceptors (Lipinski definition) is 4. The van der Waals surface area contributed by atoms with Crippen molar-refractivity contribution in [3.8, 4) is 0 Å². The van der Waals surface area contributed by atoms with Crippen molar-refractivity contribution in [2.45, 2.75) is 30.1 Å². The van der Waals surface area contributed by atoms with Gasteiger partial charge in [-0.05, 0) is 44.5 Å². The van der Waals surface area contributed by atoms with Gasteiger partial charge in [0.25, 0.3) is 0 Å². The minimum Gasteiger partial charge on any atom is -0.478 e. The van der Waals surface area contributed by atoms with Gasteiger partial charge in [-0.2, -0.15) is 0 Å². The van der Waals surface area contributed by atoms with Crippen LogP contribution in [0.3, 0.4) is 0 Å². The van der Waals surface area contributed by atoms with Crippen LogP contribution in [-0.2, 0) is 4.79 Å². The second-order valence-electron chi connectivity index (χ2n) is 5.94. The number of carboxylic acids is 1. The van der Waals surface area contributed by atoms with Crippen molar-refractivity contribution in [2.75, 3.05) is 11.4 Å². The molecule has 5 heteroatoms. The van der Waals surface area contributed by atoms with Gasteiger partial charge >= 0.3 is 5.97 Å². The Labute approximate surface area is 151 Å². The van der Waals surface area contributed by atoms with Gasteiger partial charge in [0.1, 0.15) is 0 Å². The average Bonchev–Trinajstić information content (AvgIpc) is 2.60. The van der Waals surface area contributed by atoms with E-state index < -0.39 is 5.97 Å². The van der Waals surface area contributed by atoms with E-state index in [9.17, 15) is 9.59 Å². The smallest absolute Gasteiger partial charge is 0.330 e. The highest BCUT2D eigenvalue weighted by Gasteiger charge is 2.23. The van der Waals surface area contributed by atoms with Crippen LogP contribution in [0.4, 0.5) is 11.4 Å². The second-order valence-corrected chi connectivity index (χ2v) is 7.02. The van der Waals surface area contributed by atoms with E-state index in [1.165, 1.54) is 0 Å². The van der Waals surface area contributed by atoms with Gasteiger partial charge in [-0.25, -0.2) is 4.79 Å². The number of carbonyl (C=O) groups excluding carboxylic acids is 1. The number of hydrogen-bond donors (Lipinski definition) is 1. The van der Waals surface area contributed by atoms with Crippen LogP contribution in [0.1, 0.15) is 30.6 Å². The molecule has 0 fully saturated rings. The summed E-state index contributed by atoms with van der Waals surface area (Å²) >= 11 is 1.69. The molecule has 2 aromatic rings. The number of Topliss-reactive ketones (excluding diaryl/α,β-unsaturated/α-hetero) is 1. The monoisotopic (exact) mass is 353 g/mol. The minimum absolute atomic E-state index is 0.0354. The zero-order valence-electron chi connectivity index (χ0n) is 14.2. The molecule has 0 bridgehead atoms. The lowest BCUT2D eigenvalue weighted by atomic mass is 10.1. The minimum atomic E-state index is -0.895. The van der Waals surface area contributed by atoms with E-state index >= 15 is 0 Å². The Morgan fingerprint density at radius 3 is 2.52 bits per heavy atom. The average molecular weight is 353 g/mol. The SMILES string of the molecule is CC(=O)c1ccc2c(c1)N(CCC=C(C)C(=O)O)c1ccccc1S2. The van der Waals surface area contributed by atoms with Gasteiger partial charge in [-0.15, -0.1) is 0 Å². The predicted molar refractivity (Wildman–Crippen MR) is 100 cm³/mol. The summed E-state index contributed by atoms with van der Waals surface area (Å²) < 4.78 is 0. The molecule has 25 heavy (non-hydrogen) atoms. The van der Waals surface area contributed by atoms with Crippen LogP contribution in [0.5, 0.6) is 0 Å². The number of anilines is 2. The van der Waals surface area contributed by atoms with E-state index in [0.717, 1.165) is 21.2 Å². The Hall–Kier alpha value is -2.53. The number of benzene rings is 2. The first-order valence-electron chi connectivity index (χ1n) is 8.07. The normalized spacial score (nSPS) is 13.2. The van der Waals surface area contributed by atoms with E-state index in [0.29, 0.717) is 24.1 Å². The lowest BCUT2D eigenvalue weighted by Gasteiger charge is -2.33. The summed E-state index contributed by atoms with van der Waals surface area (Å²) in [6.07, 6.45) is 2.35. The third-order valence-corrected chi connectivity index (χ3v) is 5.30. The summed E-state index contributed by atoms with van der Waals surface area (Å²) in [5.41, 5.74) is 3.11. The zero-order valence-corrected chi connectivity index (χ0v) is 15.0. The maximum absolute atomic E-state index is 11.8. The number of carbonyl (C=O) groups is 2. The van der Waals surface area contributed by atoms with Crippen LogP contribution in [0.25, 0.3) is 0 Å². The Bertz CT molecular complexity index is 873. The van der Waals surface area contributed by atoms with E-state index in [2.05, 4.69) is 17.0 Å². The topological polar surface area (TPSA) is 57.6 Å². The molecule has 0 saturated carbocycles. The molecule has 1 N–H and O–H groups in total. The Kier molecular flexibility index (Phi) is 4.95. The van der Waals surface area contributed by atoms with Gasteiger partial charge in [-0.3, -0.25) is 4.79 Å². The summed E-state index contributed by atoms with van der Waals surface area (Å²) in [7, 11) is 0. The fourth-order valence-corrected chi connectivity index (χ4v) is 3.86. The lowest BCUT2D eigenvalue weighted by Crippen LogP contribution is -2.22. The van der Waals surface area contributed by atoms with Crippen molar-refractivity contribution in [3.05, 3.63) is 59.7 Å². The molecule has 0 amide bonds. The summed E-state index contributed by atoms with van der Waals surface area (Å²) in [6.45, 7) is 3.82. The number of rotatable bonds is 5. The van der Waals surface area contributed by atoms with Crippen LogP contribution in [0.15, 0.2) is 63.9 Å². The van der Waals surface area contributed by atoms with Crippen LogP contribution >= 0.6 is 11.8 Å². The number of nitrogens with zero attached hydrogens (tertiary/aromatic N) is 1. The van der Waals surface area contributed by atoms with Gasteiger partial charge < -0.3 is 10.0 Å². The summed E-state index contributed by atoms with van der Waals surface area (Å²) in [5, 5.41) is 9.01. The largest absolute Gasteiger partial charge is 0.478 e. The Morgan fingerprint density at radius 2 is 1.80 bits per heavy atom. The number of fused-ring (bicyclic) bond motifs is 2. The van der Waals surface area contributed by atoms with Crippen LogP contribution in [0, 0.1) is 0 Å². The molecule has 0 radical (unpaired) electrons. The molecular weight excluding hydrogens is 334 g/mol. The summed E-state index contributed by atoms with van der Waals surface area (Å²) in [6, 6.07) is 13.9. The first-order valence-corrected chi connectivity index (χ1v) is 8.88. The summed E-state index contributed by atoms with van der Waals surface area (Å²) in [4.78, 5) is 27.2. The van der Waals surface area contributed by atoms with Crippen molar-refractivity contribution in [1.29, 1.82) is 0 Å². The van der Waals surface area contributed by atoms with Crippen molar-refractivity contribution < 1.29 is 14.7 Å². The van der Waals surface area contributed by atoms with E-state index in [-0.39, 0.29) is 5.78 Å². The maximum atomic E-state index is 11.8. The number of carboxylic acid groups (broad SMARTS) is 1. The van der Waals surface area contributed by atoms with Crippen LogP contribution in [0.2, 0.25) is 0 Å². The quantitative estimate of drug-likeness (QED) is 0.611. The first kappa shape index (κ1) is 17.3. The van der Waals surface area contributed by atoms with E-state index in [1.54, 1.807) is 31.7 Å². The Balaban J connectivity index is 1.98. The third-order valence-electron chi connectivity index (χ3n) is 4.17. The fraction of sp³-hybridized carbons (Fsp3) is 0.200. The lowest BCUT2D eigenvalue weighted by molar-refractivity contribution is -0.132. The number of aliphatic carboxylic acids is 1. The molecule has 0 aromatic heterocycles.